The van der Waals surface area contributed by atoms with E-state index in [2.05, 4.69) is 5.32 Å². The molecule has 0 unspecified atom stereocenters. The maximum Gasteiger partial charge on any atom is 0.408 e. The molecule has 2 rings (SSSR count). The molecule has 2 amide bonds. The normalized spacial score (nSPS) is 14.2. The van der Waals surface area contributed by atoms with E-state index < -0.39 is 45.8 Å². The average Bonchev–Trinajstić information content (AvgIpc) is 3.01. The number of carbonyl (C=O) groups excluding carboxylic acids is 2. The number of aliphatic hydroxyl groups is 1. The number of nitro groups is 2. The maximum absolute atomic E-state index is 12.8. The number of alkyl carbamates (subject to hydrolysis) is 1. The van der Waals surface area contributed by atoms with Crippen LogP contribution in [0, 0.1) is 20.2 Å². The topological polar surface area (TPSA) is 165 Å². The van der Waals surface area contributed by atoms with Crippen LogP contribution in [0.2, 0.25) is 0 Å². The predicted molar refractivity (Wildman–Crippen MR) is 96.1 cm³/mol. The van der Waals surface area contributed by atoms with Crippen LogP contribution in [-0.4, -0.2) is 51.7 Å². The van der Waals surface area contributed by atoms with Crippen molar-refractivity contribution < 1.29 is 29.3 Å². The van der Waals surface area contributed by atoms with Crippen LogP contribution in [0.15, 0.2) is 12.1 Å². The molecule has 1 aliphatic heterocycles. The van der Waals surface area contributed by atoms with E-state index in [0.29, 0.717) is 0 Å². The monoisotopic (exact) mass is 396 g/mol. The fourth-order valence-corrected chi connectivity index (χ4v) is 2.86. The van der Waals surface area contributed by atoms with Crippen molar-refractivity contribution in [2.75, 3.05) is 18.1 Å². The first-order chi connectivity index (χ1) is 13.0. The number of rotatable bonds is 5. The number of hydrogen-bond acceptors (Lipinski definition) is 8. The van der Waals surface area contributed by atoms with Crippen LogP contribution in [0.1, 0.15) is 26.3 Å². The summed E-state index contributed by atoms with van der Waals surface area (Å²) < 4.78 is 5.04. The number of anilines is 1. The first-order valence-corrected chi connectivity index (χ1v) is 8.32. The summed E-state index contributed by atoms with van der Waals surface area (Å²) in [7, 11) is 0. The summed E-state index contributed by atoms with van der Waals surface area (Å²) in [5.41, 5.74) is -1.79. The summed E-state index contributed by atoms with van der Waals surface area (Å²) >= 11 is 0. The van der Waals surface area contributed by atoms with Crippen molar-refractivity contribution in [3.63, 3.8) is 0 Å². The van der Waals surface area contributed by atoms with E-state index in [1.807, 2.05) is 0 Å². The van der Waals surface area contributed by atoms with Crippen LogP contribution < -0.4 is 10.2 Å². The Morgan fingerprint density at radius 1 is 1.25 bits per heavy atom. The molecule has 28 heavy (non-hydrogen) atoms. The summed E-state index contributed by atoms with van der Waals surface area (Å²) in [6.07, 6.45) is -0.920. The lowest BCUT2D eigenvalue weighted by Crippen LogP contribution is -2.51. The van der Waals surface area contributed by atoms with Crippen LogP contribution in [0.25, 0.3) is 0 Å². The van der Waals surface area contributed by atoms with Crippen molar-refractivity contribution in [1.29, 1.82) is 0 Å². The fourth-order valence-electron chi connectivity index (χ4n) is 2.86. The Hall–Kier alpha value is -3.28. The Morgan fingerprint density at radius 2 is 1.82 bits per heavy atom. The van der Waals surface area contributed by atoms with Gasteiger partial charge in [0.1, 0.15) is 17.3 Å². The average molecular weight is 396 g/mol. The third-order valence-electron chi connectivity index (χ3n) is 3.92. The minimum atomic E-state index is -1.43. The molecule has 2 N–H and O–H groups in total. The second-order valence-corrected chi connectivity index (χ2v) is 7.07. The van der Waals surface area contributed by atoms with E-state index in [0.717, 1.165) is 17.0 Å². The molecule has 12 nitrogen and oxygen atoms in total. The molecule has 1 aliphatic rings. The van der Waals surface area contributed by atoms with Gasteiger partial charge in [-0.15, -0.1) is 0 Å². The zero-order valence-electron chi connectivity index (χ0n) is 15.5. The second kappa shape index (κ2) is 7.76. The molecule has 1 heterocycles. The minimum Gasteiger partial charge on any atom is -0.444 e. The van der Waals surface area contributed by atoms with Crippen LogP contribution in [-0.2, 0) is 16.0 Å². The lowest BCUT2D eigenvalue weighted by atomic mass is 10.1. The van der Waals surface area contributed by atoms with Gasteiger partial charge in [0, 0.05) is 18.7 Å². The van der Waals surface area contributed by atoms with Crippen molar-refractivity contribution in [2.24, 2.45) is 0 Å². The smallest absolute Gasteiger partial charge is 0.408 e. The summed E-state index contributed by atoms with van der Waals surface area (Å²) in [5, 5.41) is 34.3. The van der Waals surface area contributed by atoms with Gasteiger partial charge in [-0.05, 0) is 27.2 Å². The molecule has 0 spiro atoms. The highest BCUT2D eigenvalue weighted by Crippen LogP contribution is 2.42. The lowest BCUT2D eigenvalue weighted by Gasteiger charge is -2.25. The molecule has 0 aliphatic carbocycles. The van der Waals surface area contributed by atoms with Crippen LogP contribution in [0.4, 0.5) is 21.9 Å². The van der Waals surface area contributed by atoms with Gasteiger partial charge in [-0.3, -0.25) is 25.0 Å². The minimum absolute atomic E-state index is 0.0314. The van der Waals surface area contributed by atoms with Crippen molar-refractivity contribution in [3.8, 4) is 0 Å². The van der Waals surface area contributed by atoms with Gasteiger partial charge in [-0.2, -0.15) is 0 Å². The van der Waals surface area contributed by atoms with Gasteiger partial charge in [0.25, 0.3) is 17.3 Å². The Bertz CT molecular complexity index is 833. The molecule has 12 heteroatoms. The lowest BCUT2D eigenvalue weighted by molar-refractivity contribution is -0.388. The molecule has 0 saturated heterocycles. The van der Waals surface area contributed by atoms with E-state index in [1.54, 1.807) is 20.8 Å². The number of amides is 2. The molecule has 1 atom stereocenters. The van der Waals surface area contributed by atoms with Gasteiger partial charge in [-0.1, -0.05) is 0 Å². The number of nitrogens with zero attached hydrogens (tertiary/aromatic N) is 3. The van der Waals surface area contributed by atoms with Gasteiger partial charge in [0.2, 0.25) is 0 Å². The van der Waals surface area contributed by atoms with Gasteiger partial charge in [0.05, 0.1) is 22.0 Å². The quantitative estimate of drug-likeness (QED) is 0.554. The number of fused-ring (bicyclic) bond motifs is 1. The van der Waals surface area contributed by atoms with Gasteiger partial charge >= 0.3 is 6.09 Å². The molecular formula is C16H20N4O8. The summed E-state index contributed by atoms with van der Waals surface area (Å²) in [6.45, 7) is 3.99. The molecule has 0 aromatic heterocycles. The number of ether oxygens (including phenoxy) is 1. The Morgan fingerprint density at radius 3 is 2.32 bits per heavy atom. The van der Waals surface area contributed by atoms with Crippen LogP contribution in [0.3, 0.4) is 0 Å². The number of hydrogen-bond donors (Lipinski definition) is 2. The summed E-state index contributed by atoms with van der Waals surface area (Å²) in [4.78, 5) is 46.8. The fraction of sp³-hybridized carbons (Fsp3) is 0.500. The van der Waals surface area contributed by atoms with E-state index >= 15 is 0 Å². The van der Waals surface area contributed by atoms with Gasteiger partial charge in [-0.25, -0.2) is 4.79 Å². The molecule has 1 aromatic carbocycles. The zero-order valence-corrected chi connectivity index (χ0v) is 15.5. The van der Waals surface area contributed by atoms with Gasteiger partial charge < -0.3 is 20.1 Å². The molecule has 0 saturated carbocycles. The third kappa shape index (κ3) is 4.34. The molecule has 152 valence electrons. The van der Waals surface area contributed by atoms with E-state index in [1.165, 1.54) is 0 Å². The Kier molecular flexibility index (Phi) is 5.83. The molecule has 1 aromatic rings. The molecule has 0 bridgehead atoms. The second-order valence-electron chi connectivity index (χ2n) is 7.07. The number of nitro benzene ring substituents is 2. The first-order valence-electron chi connectivity index (χ1n) is 8.32. The largest absolute Gasteiger partial charge is 0.444 e. The van der Waals surface area contributed by atoms with E-state index in [-0.39, 0.29) is 29.9 Å². The third-order valence-corrected chi connectivity index (χ3v) is 3.92. The number of carbonyl (C=O) groups is 2. The Labute approximate surface area is 159 Å². The van der Waals surface area contributed by atoms with Crippen LogP contribution >= 0.6 is 0 Å². The van der Waals surface area contributed by atoms with E-state index in [9.17, 15) is 34.9 Å². The molecular weight excluding hydrogens is 376 g/mol. The van der Waals surface area contributed by atoms with Crippen molar-refractivity contribution >= 4 is 29.1 Å². The first kappa shape index (κ1) is 21.0. The molecule has 0 fully saturated rings. The zero-order chi connectivity index (χ0) is 21.2. The predicted octanol–water partition coefficient (Wildman–Crippen LogP) is 1.28. The molecule has 0 radical (unpaired) electrons. The number of aliphatic hydroxyl groups excluding tert-OH is 1. The number of nitrogens with one attached hydrogen (secondary N) is 1. The van der Waals surface area contributed by atoms with Gasteiger partial charge in [0.15, 0.2) is 0 Å². The Balaban J connectivity index is 2.36. The summed E-state index contributed by atoms with van der Waals surface area (Å²) in [6, 6.07) is 0.547. The highest BCUT2D eigenvalue weighted by Gasteiger charge is 2.40. The SMILES string of the molecule is CC(C)(C)OC(=O)N[C@@H](CO)C(=O)N1CCc2c([N+](=O)[O-])ccc([N+](=O)[O-])c21. The number of benzene rings is 1. The van der Waals surface area contributed by atoms with Crippen molar-refractivity contribution in [2.45, 2.75) is 38.8 Å². The van der Waals surface area contributed by atoms with E-state index in [4.69, 9.17) is 4.74 Å². The summed E-state index contributed by atoms with van der Waals surface area (Å²) in [5.74, 6) is -0.837. The van der Waals surface area contributed by atoms with Crippen molar-refractivity contribution in [3.05, 3.63) is 37.9 Å². The highest BCUT2D eigenvalue weighted by atomic mass is 16.6. The maximum atomic E-state index is 12.8. The standard InChI is InChI=1S/C16H20N4O8/c1-16(2,3)28-15(23)17-10(8-21)14(22)18-7-6-9-11(19(24)25)4-5-12(13(9)18)20(26)27/h4-5,10,21H,6-8H2,1-3H3,(H,17,23)/t10-/m0/s1. The highest BCUT2D eigenvalue weighted by molar-refractivity contribution is 6.03. The van der Waals surface area contributed by atoms with Crippen LogP contribution in [0.5, 0.6) is 0 Å². The van der Waals surface area contributed by atoms with Crippen molar-refractivity contribution in [1.82, 2.24) is 5.32 Å².